The molecular formula is C31H33F3N4O5. The molecule has 0 unspecified atom stereocenters. The Balaban J connectivity index is 1.74. The molecule has 0 radical (unpaired) electrons. The van der Waals surface area contributed by atoms with Gasteiger partial charge in [-0.25, -0.2) is 18.0 Å². The van der Waals surface area contributed by atoms with E-state index in [4.69, 9.17) is 9.47 Å². The zero-order chi connectivity index (χ0) is 31.3. The Morgan fingerprint density at radius 2 is 1.81 bits per heavy atom. The highest BCUT2D eigenvalue weighted by Crippen LogP contribution is 2.31. The molecule has 43 heavy (non-hydrogen) atoms. The first-order chi connectivity index (χ1) is 20.4. The maximum atomic E-state index is 14.5. The molecule has 0 bridgehead atoms. The van der Waals surface area contributed by atoms with Gasteiger partial charge in [-0.1, -0.05) is 12.1 Å². The lowest BCUT2D eigenvalue weighted by molar-refractivity contribution is -0.133. The quantitative estimate of drug-likeness (QED) is 0.413. The smallest absolute Gasteiger partial charge is 0.411 e. The molecule has 1 aromatic heterocycles. The molecule has 0 aliphatic carbocycles. The van der Waals surface area contributed by atoms with Crippen molar-refractivity contribution >= 4 is 17.9 Å². The summed E-state index contributed by atoms with van der Waals surface area (Å²) in [6.07, 6.45) is 0.698. The number of pyridine rings is 1. The van der Waals surface area contributed by atoms with Crippen LogP contribution in [-0.4, -0.2) is 66.2 Å². The average Bonchev–Trinajstić information content (AvgIpc) is 2.95. The Labute approximate surface area is 247 Å². The number of carbonyl (C=O) groups excluding carboxylic acids is 3. The fourth-order valence-electron chi connectivity index (χ4n) is 4.75. The minimum Gasteiger partial charge on any atom is -0.444 e. The van der Waals surface area contributed by atoms with Crippen LogP contribution in [0.25, 0.3) is 11.1 Å². The monoisotopic (exact) mass is 598 g/mol. The molecule has 1 fully saturated rings. The largest absolute Gasteiger partial charge is 0.444 e. The highest BCUT2D eigenvalue weighted by Gasteiger charge is 2.37. The first-order valence-corrected chi connectivity index (χ1v) is 13.7. The molecule has 9 nitrogen and oxygen atoms in total. The van der Waals surface area contributed by atoms with Crippen molar-refractivity contribution in [2.75, 3.05) is 26.8 Å². The summed E-state index contributed by atoms with van der Waals surface area (Å²) in [6, 6.07) is 8.25. The van der Waals surface area contributed by atoms with Crippen LogP contribution in [0, 0.1) is 17.5 Å². The molecule has 2 N–H and O–H groups in total. The SMILES string of the molecule is CNC(=O)c1cc(-c2cccnc2[C@H](Cc2cc(F)cc(F)c2)NC(=O)[C@H]2COCCN2C(=O)OC(C)(C)C)ccc1F. The van der Waals surface area contributed by atoms with E-state index in [9.17, 15) is 27.6 Å². The van der Waals surface area contributed by atoms with Crippen molar-refractivity contribution in [3.05, 3.63) is 89.0 Å². The number of rotatable bonds is 7. The van der Waals surface area contributed by atoms with E-state index < -0.39 is 53.0 Å². The number of benzene rings is 2. The van der Waals surface area contributed by atoms with Crippen LogP contribution >= 0.6 is 0 Å². The number of carbonyl (C=O) groups is 3. The van der Waals surface area contributed by atoms with Gasteiger partial charge in [-0.2, -0.15) is 0 Å². The van der Waals surface area contributed by atoms with Crippen molar-refractivity contribution in [3.8, 4) is 11.1 Å². The lowest BCUT2D eigenvalue weighted by Gasteiger charge is -2.36. The van der Waals surface area contributed by atoms with Gasteiger partial charge < -0.3 is 20.1 Å². The van der Waals surface area contributed by atoms with E-state index in [1.54, 1.807) is 32.9 Å². The summed E-state index contributed by atoms with van der Waals surface area (Å²) in [5.74, 6) is -3.56. The molecule has 2 atom stereocenters. The molecule has 0 saturated carbocycles. The van der Waals surface area contributed by atoms with Crippen molar-refractivity contribution in [2.45, 2.75) is 44.9 Å². The lowest BCUT2D eigenvalue weighted by atomic mass is 9.94. The summed E-state index contributed by atoms with van der Waals surface area (Å²) in [4.78, 5) is 44.7. The van der Waals surface area contributed by atoms with E-state index in [1.807, 2.05) is 0 Å². The molecule has 1 aliphatic heterocycles. The van der Waals surface area contributed by atoms with Crippen LogP contribution in [0.15, 0.2) is 54.7 Å². The standard InChI is InChI=1S/C31H33F3N4O5/c1-31(2,3)43-30(41)38-10-11-42-17-26(38)29(40)37-25(14-18-12-20(32)16-21(33)13-18)27-22(6-5-9-36-27)19-7-8-24(34)23(15-19)28(39)35-4/h5-9,12-13,15-16,25-26H,10-11,14,17H2,1-4H3,(H,35,39)(H,37,40)/t25-,26+/m0/s1. The van der Waals surface area contributed by atoms with Gasteiger partial charge in [-0.3, -0.25) is 19.5 Å². The molecule has 1 saturated heterocycles. The highest BCUT2D eigenvalue weighted by molar-refractivity contribution is 5.95. The zero-order valence-corrected chi connectivity index (χ0v) is 24.2. The predicted molar refractivity (Wildman–Crippen MR) is 152 cm³/mol. The summed E-state index contributed by atoms with van der Waals surface area (Å²) in [7, 11) is 1.38. The first-order valence-electron chi connectivity index (χ1n) is 13.7. The van der Waals surface area contributed by atoms with Crippen LogP contribution in [0.1, 0.15) is 48.4 Å². The van der Waals surface area contributed by atoms with Crippen molar-refractivity contribution in [3.63, 3.8) is 0 Å². The molecule has 3 amide bonds. The third-order valence-corrected chi connectivity index (χ3v) is 6.66. The number of amides is 3. The molecule has 2 aromatic carbocycles. The Morgan fingerprint density at radius 1 is 1.09 bits per heavy atom. The van der Waals surface area contributed by atoms with Gasteiger partial charge in [0.2, 0.25) is 5.91 Å². The van der Waals surface area contributed by atoms with E-state index >= 15 is 0 Å². The highest BCUT2D eigenvalue weighted by atomic mass is 19.1. The fraction of sp³-hybridized carbons (Fsp3) is 0.355. The summed E-state index contributed by atoms with van der Waals surface area (Å²) < 4.78 is 53.8. The number of morpholine rings is 1. The van der Waals surface area contributed by atoms with Crippen LogP contribution in [0.4, 0.5) is 18.0 Å². The van der Waals surface area contributed by atoms with Gasteiger partial charge in [0, 0.05) is 31.4 Å². The van der Waals surface area contributed by atoms with E-state index in [-0.39, 0.29) is 43.0 Å². The van der Waals surface area contributed by atoms with E-state index in [1.165, 1.54) is 30.3 Å². The molecule has 4 rings (SSSR count). The third kappa shape index (κ3) is 7.89. The van der Waals surface area contributed by atoms with E-state index in [2.05, 4.69) is 15.6 Å². The fourth-order valence-corrected chi connectivity index (χ4v) is 4.75. The van der Waals surface area contributed by atoms with Crippen LogP contribution in [-0.2, 0) is 20.7 Å². The normalized spacial score (nSPS) is 15.9. The number of nitrogens with zero attached hydrogens (tertiary/aromatic N) is 2. The number of hydrogen-bond acceptors (Lipinski definition) is 6. The molecule has 228 valence electrons. The molecule has 2 heterocycles. The molecule has 12 heteroatoms. The number of hydrogen-bond donors (Lipinski definition) is 2. The van der Waals surface area contributed by atoms with Crippen molar-refractivity contribution < 1.29 is 37.0 Å². The van der Waals surface area contributed by atoms with Crippen LogP contribution in [0.5, 0.6) is 0 Å². The Morgan fingerprint density at radius 3 is 2.49 bits per heavy atom. The molecule has 3 aromatic rings. The lowest BCUT2D eigenvalue weighted by Crippen LogP contribution is -2.57. The second kappa shape index (κ2) is 13.2. The molecule has 0 spiro atoms. The Kier molecular flexibility index (Phi) is 9.70. The summed E-state index contributed by atoms with van der Waals surface area (Å²) >= 11 is 0. The van der Waals surface area contributed by atoms with Gasteiger partial charge in [0.15, 0.2) is 0 Å². The second-order valence-corrected chi connectivity index (χ2v) is 11.0. The second-order valence-electron chi connectivity index (χ2n) is 11.0. The minimum absolute atomic E-state index is 0.0893. The van der Waals surface area contributed by atoms with Crippen LogP contribution in [0.3, 0.4) is 0 Å². The van der Waals surface area contributed by atoms with Crippen molar-refractivity contribution in [1.29, 1.82) is 0 Å². The number of aromatic nitrogens is 1. The van der Waals surface area contributed by atoms with Gasteiger partial charge >= 0.3 is 6.09 Å². The third-order valence-electron chi connectivity index (χ3n) is 6.66. The Bertz CT molecular complexity index is 1490. The van der Waals surface area contributed by atoms with Gasteiger partial charge in [-0.05, 0) is 68.7 Å². The minimum atomic E-state index is -1.06. The van der Waals surface area contributed by atoms with Gasteiger partial charge in [-0.15, -0.1) is 0 Å². The van der Waals surface area contributed by atoms with Crippen molar-refractivity contribution in [2.24, 2.45) is 0 Å². The number of nitrogens with one attached hydrogen (secondary N) is 2. The summed E-state index contributed by atoms with van der Waals surface area (Å²) in [5, 5.41) is 5.27. The van der Waals surface area contributed by atoms with E-state index in [0.717, 1.165) is 24.3 Å². The van der Waals surface area contributed by atoms with Gasteiger partial charge in [0.05, 0.1) is 30.5 Å². The molecule has 1 aliphatic rings. The van der Waals surface area contributed by atoms with Gasteiger partial charge in [0.25, 0.3) is 5.91 Å². The van der Waals surface area contributed by atoms with Gasteiger partial charge in [0.1, 0.15) is 29.1 Å². The van der Waals surface area contributed by atoms with Crippen LogP contribution in [0.2, 0.25) is 0 Å². The first kappa shape index (κ1) is 31.5. The maximum absolute atomic E-state index is 14.5. The molecular weight excluding hydrogens is 565 g/mol. The topological polar surface area (TPSA) is 110 Å². The number of halogens is 3. The average molecular weight is 599 g/mol. The van der Waals surface area contributed by atoms with E-state index in [0.29, 0.717) is 11.1 Å². The number of ether oxygens (including phenoxy) is 2. The van der Waals surface area contributed by atoms with Crippen molar-refractivity contribution in [1.82, 2.24) is 20.5 Å². The maximum Gasteiger partial charge on any atom is 0.411 e. The Hall–Kier alpha value is -4.45. The predicted octanol–water partition coefficient (Wildman–Crippen LogP) is 4.56. The summed E-state index contributed by atoms with van der Waals surface area (Å²) in [6.45, 7) is 5.35. The zero-order valence-electron chi connectivity index (χ0n) is 24.2. The summed E-state index contributed by atoms with van der Waals surface area (Å²) in [5.41, 5.74) is 0.383. The van der Waals surface area contributed by atoms with Crippen LogP contribution < -0.4 is 10.6 Å².